The van der Waals surface area contributed by atoms with Gasteiger partial charge in [0, 0.05) is 0 Å². The molecule has 0 saturated heterocycles. The maximum absolute atomic E-state index is 12.5. The van der Waals surface area contributed by atoms with E-state index in [1.54, 1.807) is 53.7 Å². The molecule has 7 nitrogen and oxygen atoms in total. The first-order valence-corrected chi connectivity index (χ1v) is 8.76. The van der Waals surface area contributed by atoms with Gasteiger partial charge in [0.1, 0.15) is 23.9 Å². The highest BCUT2D eigenvalue weighted by atomic mass is 16.6. The van der Waals surface area contributed by atoms with Crippen molar-refractivity contribution in [1.82, 2.24) is 4.90 Å². The Bertz CT molecular complexity index is 629. The van der Waals surface area contributed by atoms with Crippen molar-refractivity contribution in [1.29, 1.82) is 0 Å². The van der Waals surface area contributed by atoms with Crippen LogP contribution in [0.3, 0.4) is 0 Å². The van der Waals surface area contributed by atoms with Gasteiger partial charge in [-0.2, -0.15) is 4.90 Å². The Morgan fingerprint density at radius 1 is 0.889 bits per heavy atom. The Balaban J connectivity index is 2.93. The van der Waals surface area contributed by atoms with Crippen molar-refractivity contribution in [2.24, 2.45) is 0 Å². The van der Waals surface area contributed by atoms with Gasteiger partial charge in [-0.1, -0.05) is 30.3 Å². The molecule has 0 aliphatic heterocycles. The Kier molecular flexibility index (Phi) is 7.39. The van der Waals surface area contributed by atoms with Crippen LogP contribution in [0.25, 0.3) is 0 Å². The van der Waals surface area contributed by atoms with Crippen molar-refractivity contribution in [2.45, 2.75) is 72.3 Å². The molecule has 1 aromatic carbocycles. The van der Waals surface area contributed by atoms with Crippen LogP contribution in [-0.4, -0.2) is 40.3 Å². The third-order valence-corrected chi connectivity index (χ3v) is 3.13. The molecule has 1 atom stereocenters. The molecule has 0 bridgehead atoms. The topological polar surface area (TPSA) is 82.1 Å². The Hall–Kier alpha value is -2.57. The van der Waals surface area contributed by atoms with Gasteiger partial charge in [-0.05, 0) is 54.0 Å². The predicted octanol–water partition coefficient (Wildman–Crippen LogP) is 4.29. The summed E-state index contributed by atoms with van der Waals surface area (Å²) in [5.41, 5.74) is -0.894. The van der Waals surface area contributed by atoms with Crippen LogP contribution in [0, 0.1) is 0 Å². The standard InChI is InChI=1S/C20H29NO6/c1-14(16(22)25-13-15-11-9-8-10-12-15)21(17(23)26-19(2,3)4)18(24)27-20(5,6)7/h8-12,14H,13H2,1-7H3. The lowest BCUT2D eigenvalue weighted by atomic mass is 10.2. The molecule has 0 aromatic heterocycles. The predicted molar refractivity (Wildman–Crippen MR) is 100 cm³/mol. The molecule has 2 amide bonds. The number of carbonyl (C=O) groups excluding carboxylic acids is 3. The second-order valence-corrected chi connectivity index (χ2v) is 8.10. The zero-order valence-electron chi connectivity index (χ0n) is 17.1. The zero-order valence-corrected chi connectivity index (χ0v) is 17.1. The first-order chi connectivity index (χ1) is 12.3. The van der Waals surface area contributed by atoms with E-state index in [0.29, 0.717) is 4.90 Å². The summed E-state index contributed by atoms with van der Waals surface area (Å²) in [7, 11) is 0. The number of ether oxygens (including phenoxy) is 3. The fourth-order valence-electron chi connectivity index (χ4n) is 1.97. The fraction of sp³-hybridized carbons (Fsp3) is 0.550. The minimum absolute atomic E-state index is 0.0283. The van der Waals surface area contributed by atoms with Gasteiger partial charge in [0.15, 0.2) is 0 Å². The van der Waals surface area contributed by atoms with Crippen molar-refractivity contribution < 1.29 is 28.6 Å². The average Bonchev–Trinajstić information content (AvgIpc) is 2.50. The van der Waals surface area contributed by atoms with Gasteiger partial charge in [-0.15, -0.1) is 0 Å². The summed E-state index contributed by atoms with van der Waals surface area (Å²) in [5, 5.41) is 0. The molecular formula is C20H29NO6. The van der Waals surface area contributed by atoms with Gasteiger partial charge in [0.2, 0.25) is 0 Å². The molecule has 0 aliphatic carbocycles. The highest BCUT2D eigenvalue weighted by Crippen LogP contribution is 2.17. The van der Waals surface area contributed by atoms with E-state index < -0.39 is 35.4 Å². The number of amides is 2. The molecule has 0 radical (unpaired) electrons. The number of hydrogen-bond acceptors (Lipinski definition) is 6. The first kappa shape index (κ1) is 22.5. The smallest absolute Gasteiger partial charge is 0.420 e. The summed E-state index contributed by atoms with van der Waals surface area (Å²) < 4.78 is 15.7. The van der Waals surface area contributed by atoms with Gasteiger partial charge < -0.3 is 14.2 Å². The first-order valence-electron chi connectivity index (χ1n) is 8.76. The number of rotatable bonds is 4. The second kappa shape index (κ2) is 8.88. The zero-order chi connectivity index (χ0) is 20.8. The summed E-state index contributed by atoms with van der Waals surface area (Å²) in [6.07, 6.45) is -1.94. The summed E-state index contributed by atoms with van der Waals surface area (Å²) >= 11 is 0. The van der Waals surface area contributed by atoms with Crippen LogP contribution in [0.2, 0.25) is 0 Å². The molecule has 1 aromatic rings. The Labute approximate surface area is 160 Å². The Morgan fingerprint density at radius 2 is 1.33 bits per heavy atom. The van der Waals surface area contributed by atoms with Crippen molar-refractivity contribution in [3.63, 3.8) is 0 Å². The molecule has 150 valence electrons. The van der Waals surface area contributed by atoms with Gasteiger partial charge in [-0.3, -0.25) is 0 Å². The number of imide groups is 1. The molecule has 0 saturated carbocycles. The summed E-state index contributed by atoms with van der Waals surface area (Å²) in [5.74, 6) is -0.740. The summed E-state index contributed by atoms with van der Waals surface area (Å²) in [4.78, 5) is 38.1. The van der Waals surface area contributed by atoms with Gasteiger partial charge >= 0.3 is 18.2 Å². The van der Waals surface area contributed by atoms with Crippen molar-refractivity contribution in [3.8, 4) is 0 Å². The molecule has 0 heterocycles. The summed E-state index contributed by atoms with van der Waals surface area (Å²) in [6.45, 7) is 11.4. The van der Waals surface area contributed by atoms with Crippen LogP contribution in [0.15, 0.2) is 30.3 Å². The Morgan fingerprint density at radius 3 is 1.74 bits per heavy atom. The normalized spacial score (nSPS) is 12.7. The van der Waals surface area contributed by atoms with E-state index in [1.807, 2.05) is 18.2 Å². The quantitative estimate of drug-likeness (QED) is 0.573. The van der Waals surface area contributed by atoms with Crippen molar-refractivity contribution in [3.05, 3.63) is 35.9 Å². The molecule has 0 N–H and O–H groups in total. The number of benzene rings is 1. The highest BCUT2D eigenvalue weighted by molar-refractivity contribution is 5.93. The minimum Gasteiger partial charge on any atom is -0.459 e. The van der Waals surface area contributed by atoms with Crippen molar-refractivity contribution in [2.75, 3.05) is 0 Å². The minimum atomic E-state index is -1.21. The van der Waals surface area contributed by atoms with Gasteiger partial charge in [-0.25, -0.2) is 14.4 Å². The molecular weight excluding hydrogens is 350 g/mol. The van der Waals surface area contributed by atoms with E-state index in [9.17, 15) is 14.4 Å². The van der Waals surface area contributed by atoms with E-state index in [0.717, 1.165) is 5.56 Å². The van der Waals surface area contributed by atoms with Crippen LogP contribution in [0.5, 0.6) is 0 Å². The second-order valence-electron chi connectivity index (χ2n) is 8.10. The van der Waals surface area contributed by atoms with Crippen LogP contribution >= 0.6 is 0 Å². The molecule has 7 heteroatoms. The number of esters is 1. The maximum Gasteiger partial charge on any atom is 0.420 e. The van der Waals surface area contributed by atoms with E-state index in [2.05, 4.69) is 0 Å². The molecule has 0 aliphatic rings. The van der Waals surface area contributed by atoms with Crippen LogP contribution in [0.1, 0.15) is 54.0 Å². The third-order valence-electron chi connectivity index (χ3n) is 3.13. The maximum atomic E-state index is 12.5. The molecule has 27 heavy (non-hydrogen) atoms. The van der Waals surface area contributed by atoms with E-state index >= 15 is 0 Å². The number of carbonyl (C=O) groups is 3. The SMILES string of the molecule is CC(C(=O)OCc1ccccc1)N(C(=O)OC(C)(C)C)C(=O)OC(C)(C)C. The van der Waals surface area contributed by atoms with E-state index in [1.165, 1.54) is 6.92 Å². The lowest BCUT2D eigenvalue weighted by molar-refractivity contribution is -0.150. The van der Waals surface area contributed by atoms with Crippen LogP contribution in [-0.2, 0) is 25.6 Å². The molecule has 1 unspecified atom stereocenters. The fourth-order valence-corrected chi connectivity index (χ4v) is 1.97. The van der Waals surface area contributed by atoms with Crippen LogP contribution in [0.4, 0.5) is 9.59 Å². The number of hydrogen-bond donors (Lipinski definition) is 0. The number of nitrogens with zero attached hydrogens (tertiary/aromatic N) is 1. The molecule has 0 fully saturated rings. The molecule has 1 rings (SSSR count). The molecule has 0 spiro atoms. The van der Waals surface area contributed by atoms with Crippen LogP contribution < -0.4 is 0 Å². The van der Waals surface area contributed by atoms with Crippen molar-refractivity contribution >= 4 is 18.2 Å². The van der Waals surface area contributed by atoms with E-state index in [4.69, 9.17) is 14.2 Å². The monoisotopic (exact) mass is 379 g/mol. The van der Waals surface area contributed by atoms with Gasteiger partial charge in [0.05, 0.1) is 0 Å². The lowest BCUT2D eigenvalue weighted by Crippen LogP contribution is -2.51. The lowest BCUT2D eigenvalue weighted by Gasteiger charge is -2.31. The average molecular weight is 379 g/mol. The van der Waals surface area contributed by atoms with E-state index in [-0.39, 0.29) is 6.61 Å². The third kappa shape index (κ3) is 8.11. The largest absolute Gasteiger partial charge is 0.459 e. The summed E-state index contributed by atoms with van der Waals surface area (Å²) in [6, 6.07) is 7.88. The highest BCUT2D eigenvalue weighted by Gasteiger charge is 2.38. The van der Waals surface area contributed by atoms with Gasteiger partial charge in [0.25, 0.3) is 0 Å².